The van der Waals surface area contributed by atoms with Crippen molar-refractivity contribution in [2.24, 2.45) is 10.9 Å². The third-order valence-corrected chi connectivity index (χ3v) is 4.77. The monoisotopic (exact) mass is 310 g/mol. The van der Waals surface area contributed by atoms with E-state index in [2.05, 4.69) is 72.9 Å². The predicted molar refractivity (Wildman–Crippen MR) is 94.3 cm³/mol. The molecular weight excluding hydrogens is 280 g/mol. The third kappa shape index (κ3) is 6.48. The molecular formula is C16H30N4S. The van der Waals surface area contributed by atoms with Gasteiger partial charge >= 0.3 is 0 Å². The SMILES string of the molecule is CN=C(NCC(C)Cc1cccs1)NCC(C)(C)N(C)C. The van der Waals surface area contributed by atoms with Crippen molar-refractivity contribution >= 4 is 17.3 Å². The van der Waals surface area contributed by atoms with Crippen molar-refractivity contribution in [1.82, 2.24) is 15.5 Å². The van der Waals surface area contributed by atoms with Gasteiger partial charge in [-0.2, -0.15) is 0 Å². The summed E-state index contributed by atoms with van der Waals surface area (Å²) in [7, 11) is 6.02. The summed E-state index contributed by atoms with van der Waals surface area (Å²) >= 11 is 1.83. The molecule has 0 radical (unpaired) electrons. The smallest absolute Gasteiger partial charge is 0.191 e. The summed E-state index contributed by atoms with van der Waals surface area (Å²) in [4.78, 5) is 7.96. The van der Waals surface area contributed by atoms with Gasteiger partial charge in [-0.1, -0.05) is 13.0 Å². The number of hydrogen-bond acceptors (Lipinski definition) is 3. The highest BCUT2D eigenvalue weighted by Gasteiger charge is 2.20. The van der Waals surface area contributed by atoms with Crippen molar-refractivity contribution < 1.29 is 0 Å². The van der Waals surface area contributed by atoms with Crippen molar-refractivity contribution in [3.63, 3.8) is 0 Å². The van der Waals surface area contributed by atoms with Crippen LogP contribution in [0.5, 0.6) is 0 Å². The molecule has 0 bridgehead atoms. The molecule has 1 aromatic heterocycles. The Hall–Kier alpha value is -1.07. The van der Waals surface area contributed by atoms with Gasteiger partial charge in [0.1, 0.15) is 0 Å². The van der Waals surface area contributed by atoms with Crippen LogP contribution >= 0.6 is 11.3 Å². The lowest BCUT2D eigenvalue weighted by Crippen LogP contribution is -2.51. The largest absolute Gasteiger partial charge is 0.356 e. The molecule has 2 N–H and O–H groups in total. The minimum Gasteiger partial charge on any atom is -0.356 e. The fraction of sp³-hybridized carbons (Fsp3) is 0.688. The number of nitrogens with one attached hydrogen (secondary N) is 2. The Balaban J connectivity index is 2.34. The Morgan fingerprint density at radius 1 is 1.38 bits per heavy atom. The van der Waals surface area contributed by atoms with Gasteiger partial charge in [0.25, 0.3) is 0 Å². The zero-order valence-corrected chi connectivity index (χ0v) is 15.0. The Kier molecular flexibility index (Phi) is 7.18. The second kappa shape index (κ2) is 8.39. The van der Waals surface area contributed by atoms with Crippen LogP contribution in [0.1, 0.15) is 25.6 Å². The Bertz CT molecular complexity index is 423. The van der Waals surface area contributed by atoms with Gasteiger partial charge in [0.15, 0.2) is 5.96 Å². The van der Waals surface area contributed by atoms with E-state index in [4.69, 9.17) is 0 Å². The van der Waals surface area contributed by atoms with E-state index in [1.165, 1.54) is 4.88 Å². The van der Waals surface area contributed by atoms with Crippen LogP contribution in [0, 0.1) is 5.92 Å². The first-order valence-corrected chi connectivity index (χ1v) is 8.37. The lowest BCUT2D eigenvalue weighted by Gasteiger charge is -2.33. The average Bonchev–Trinajstić information content (AvgIpc) is 2.91. The molecule has 5 heteroatoms. The van der Waals surface area contributed by atoms with Crippen LogP contribution in [0.2, 0.25) is 0 Å². The quantitative estimate of drug-likeness (QED) is 0.600. The molecule has 1 atom stereocenters. The molecule has 0 aliphatic rings. The summed E-state index contributed by atoms with van der Waals surface area (Å²) in [5.74, 6) is 1.46. The van der Waals surface area contributed by atoms with Crippen LogP contribution < -0.4 is 10.6 Å². The van der Waals surface area contributed by atoms with Crippen LogP contribution in [0.3, 0.4) is 0 Å². The molecule has 0 saturated carbocycles. The maximum atomic E-state index is 4.30. The molecule has 120 valence electrons. The average molecular weight is 311 g/mol. The Labute approximate surface area is 133 Å². The van der Waals surface area contributed by atoms with Gasteiger partial charge in [0, 0.05) is 30.6 Å². The molecule has 21 heavy (non-hydrogen) atoms. The molecule has 0 fully saturated rings. The van der Waals surface area contributed by atoms with E-state index in [0.717, 1.165) is 25.5 Å². The highest BCUT2D eigenvalue weighted by molar-refractivity contribution is 7.09. The van der Waals surface area contributed by atoms with Crippen molar-refractivity contribution in [3.8, 4) is 0 Å². The van der Waals surface area contributed by atoms with E-state index >= 15 is 0 Å². The van der Waals surface area contributed by atoms with Crippen LogP contribution in [0.25, 0.3) is 0 Å². The maximum Gasteiger partial charge on any atom is 0.191 e. The van der Waals surface area contributed by atoms with Crippen molar-refractivity contribution in [3.05, 3.63) is 22.4 Å². The minimum absolute atomic E-state index is 0.0974. The Morgan fingerprint density at radius 3 is 2.62 bits per heavy atom. The number of likely N-dealkylation sites (N-methyl/N-ethyl adjacent to an activating group) is 1. The van der Waals surface area contributed by atoms with Crippen molar-refractivity contribution in [2.75, 3.05) is 34.2 Å². The summed E-state index contributed by atoms with van der Waals surface area (Å²) < 4.78 is 0. The summed E-state index contributed by atoms with van der Waals surface area (Å²) in [6, 6.07) is 4.32. The minimum atomic E-state index is 0.0974. The number of hydrogen-bond donors (Lipinski definition) is 2. The molecule has 0 aromatic carbocycles. The molecule has 0 amide bonds. The molecule has 1 unspecified atom stereocenters. The zero-order chi connectivity index (χ0) is 15.9. The molecule has 1 aromatic rings. The highest BCUT2D eigenvalue weighted by Crippen LogP contribution is 2.13. The lowest BCUT2D eigenvalue weighted by molar-refractivity contribution is 0.197. The number of nitrogens with zero attached hydrogens (tertiary/aromatic N) is 2. The van der Waals surface area contributed by atoms with Gasteiger partial charge in [-0.05, 0) is 51.7 Å². The van der Waals surface area contributed by atoms with Gasteiger partial charge in [0.2, 0.25) is 0 Å². The van der Waals surface area contributed by atoms with E-state index in [1.807, 2.05) is 18.4 Å². The van der Waals surface area contributed by atoms with Crippen molar-refractivity contribution in [1.29, 1.82) is 0 Å². The molecule has 0 saturated heterocycles. The number of rotatable bonds is 7. The number of thiophene rings is 1. The van der Waals surface area contributed by atoms with Crippen LogP contribution in [0.15, 0.2) is 22.5 Å². The summed E-state index contributed by atoms with van der Waals surface area (Å²) in [5, 5.41) is 8.96. The maximum absolute atomic E-state index is 4.30. The molecule has 1 rings (SSSR count). The van der Waals surface area contributed by atoms with Gasteiger partial charge in [-0.15, -0.1) is 11.3 Å². The van der Waals surface area contributed by atoms with Gasteiger partial charge in [0.05, 0.1) is 0 Å². The fourth-order valence-electron chi connectivity index (χ4n) is 1.79. The lowest BCUT2D eigenvalue weighted by atomic mass is 10.0. The van der Waals surface area contributed by atoms with Crippen LogP contribution in [-0.4, -0.2) is 50.6 Å². The normalized spacial score (nSPS) is 14.3. The second-order valence-corrected chi connectivity index (χ2v) is 7.43. The van der Waals surface area contributed by atoms with Crippen molar-refractivity contribution in [2.45, 2.75) is 32.7 Å². The van der Waals surface area contributed by atoms with E-state index in [1.54, 1.807) is 0 Å². The highest BCUT2D eigenvalue weighted by atomic mass is 32.1. The molecule has 1 heterocycles. The van der Waals surface area contributed by atoms with Crippen LogP contribution in [0.4, 0.5) is 0 Å². The molecule has 0 aliphatic carbocycles. The summed E-state index contributed by atoms with van der Waals surface area (Å²) in [6.45, 7) is 8.49. The van der Waals surface area contributed by atoms with E-state index in [0.29, 0.717) is 5.92 Å². The third-order valence-electron chi connectivity index (χ3n) is 3.87. The van der Waals surface area contributed by atoms with E-state index in [9.17, 15) is 0 Å². The predicted octanol–water partition coefficient (Wildman–Crippen LogP) is 2.43. The first-order chi connectivity index (χ1) is 9.85. The van der Waals surface area contributed by atoms with E-state index < -0.39 is 0 Å². The first kappa shape index (κ1) is 18.0. The summed E-state index contributed by atoms with van der Waals surface area (Å²) in [5.41, 5.74) is 0.0974. The standard InChI is InChI=1S/C16H30N4S/c1-13(10-14-8-7-9-21-14)11-18-15(17-4)19-12-16(2,3)20(5)6/h7-9,13H,10-12H2,1-6H3,(H2,17,18,19). The molecule has 4 nitrogen and oxygen atoms in total. The van der Waals surface area contributed by atoms with Gasteiger partial charge in [-0.25, -0.2) is 0 Å². The number of guanidine groups is 1. The fourth-order valence-corrected chi connectivity index (χ4v) is 2.66. The Morgan fingerprint density at radius 2 is 2.10 bits per heavy atom. The molecule has 0 spiro atoms. The zero-order valence-electron chi connectivity index (χ0n) is 14.2. The van der Waals surface area contributed by atoms with Crippen LogP contribution in [-0.2, 0) is 6.42 Å². The first-order valence-electron chi connectivity index (χ1n) is 7.49. The topological polar surface area (TPSA) is 39.7 Å². The van der Waals surface area contributed by atoms with Gasteiger partial charge < -0.3 is 15.5 Å². The van der Waals surface area contributed by atoms with E-state index in [-0.39, 0.29) is 5.54 Å². The summed E-state index contributed by atoms with van der Waals surface area (Å²) in [6.07, 6.45) is 1.12. The molecule has 0 aliphatic heterocycles. The number of aliphatic imine (C=N–C) groups is 1. The van der Waals surface area contributed by atoms with Gasteiger partial charge in [-0.3, -0.25) is 4.99 Å². The second-order valence-electron chi connectivity index (χ2n) is 6.40.